The van der Waals surface area contributed by atoms with Crippen LogP contribution in [0.15, 0.2) is 18.2 Å². The predicted octanol–water partition coefficient (Wildman–Crippen LogP) is 4.05. The van der Waals surface area contributed by atoms with E-state index in [1.807, 2.05) is 27.7 Å². The van der Waals surface area contributed by atoms with E-state index in [1.54, 1.807) is 0 Å². The summed E-state index contributed by atoms with van der Waals surface area (Å²) in [7, 11) is 0. The van der Waals surface area contributed by atoms with Crippen LogP contribution in [-0.4, -0.2) is 29.3 Å². The van der Waals surface area contributed by atoms with Gasteiger partial charge in [-0.3, -0.25) is 9.69 Å². The molecule has 0 aromatic heterocycles. The lowest BCUT2D eigenvalue weighted by Gasteiger charge is -2.41. The van der Waals surface area contributed by atoms with Gasteiger partial charge < -0.3 is 0 Å². The van der Waals surface area contributed by atoms with Crippen molar-refractivity contribution in [1.82, 2.24) is 4.90 Å². The van der Waals surface area contributed by atoms with E-state index in [2.05, 4.69) is 4.90 Å². The van der Waals surface area contributed by atoms with Crippen LogP contribution in [-0.2, 0) is 0 Å². The first kappa shape index (κ1) is 16.8. The largest absolute Gasteiger partial charge is 0.292 e. The SMILES string of the molecule is CCN(CC)C(CC)(CC)C(=O)c1cc(F)cc(F)c1. The zero-order chi connectivity index (χ0) is 15.3. The molecule has 1 aromatic carbocycles. The van der Waals surface area contributed by atoms with Gasteiger partial charge in [0.15, 0.2) is 5.78 Å². The monoisotopic (exact) mass is 283 g/mol. The van der Waals surface area contributed by atoms with Crippen LogP contribution in [0.25, 0.3) is 0 Å². The Morgan fingerprint density at radius 3 is 1.80 bits per heavy atom. The molecule has 2 nitrogen and oxygen atoms in total. The number of Topliss-reactive ketones (excluding diaryl/α,β-unsaturated/α-hetero) is 1. The number of nitrogens with zero attached hydrogens (tertiary/aromatic N) is 1. The number of rotatable bonds is 7. The number of ketones is 1. The van der Waals surface area contributed by atoms with Crippen molar-refractivity contribution in [3.8, 4) is 0 Å². The molecule has 1 rings (SSSR count). The molecule has 0 heterocycles. The van der Waals surface area contributed by atoms with Gasteiger partial charge in [0.25, 0.3) is 0 Å². The number of carbonyl (C=O) groups is 1. The second-order valence-corrected chi connectivity index (χ2v) is 4.90. The van der Waals surface area contributed by atoms with Crippen molar-refractivity contribution in [2.45, 2.75) is 46.1 Å². The van der Waals surface area contributed by atoms with Gasteiger partial charge in [-0.15, -0.1) is 0 Å². The van der Waals surface area contributed by atoms with Crippen LogP contribution < -0.4 is 0 Å². The Labute approximate surface area is 119 Å². The van der Waals surface area contributed by atoms with Crippen LogP contribution in [0, 0.1) is 11.6 Å². The molecule has 0 N–H and O–H groups in total. The maximum Gasteiger partial charge on any atom is 0.183 e. The van der Waals surface area contributed by atoms with Gasteiger partial charge in [-0.05, 0) is 38.1 Å². The van der Waals surface area contributed by atoms with E-state index in [0.717, 1.165) is 31.3 Å². The summed E-state index contributed by atoms with van der Waals surface area (Å²) >= 11 is 0. The van der Waals surface area contributed by atoms with E-state index in [1.165, 1.54) is 0 Å². The van der Waals surface area contributed by atoms with Gasteiger partial charge in [0, 0.05) is 11.6 Å². The van der Waals surface area contributed by atoms with Gasteiger partial charge >= 0.3 is 0 Å². The minimum atomic E-state index is -0.714. The van der Waals surface area contributed by atoms with E-state index in [9.17, 15) is 13.6 Å². The third-order valence-corrected chi connectivity index (χ3v) is 4.09. The van der Waals surface area contributed by atoms with Gasteiger partial charge in [-0.1, -0.05) is 27.7 Å². The molecule has 0 aliphatic rings. The van der Waals surface area contributed by atoms with Gasteiger partial charge in [0.2, 0.25) is 0 Å². The Morgan fingerprint density at radius 1 is 1.00 bits per heavy atom. The van der Waals surface area contributed by atoms with Crippen LogP contribution in [0.4, 0.5) is 8.78 Å². The fourth-order valence-corrected chi connectivity index (χ4v) is 2.94. The highest BCUT2D eigenvalue weighted by molar-refractivity contribution is 6.03. The summed E-state index contributed by atoms with van der Waals surface area (Å²) in [5.41, 5.74) is -0.581. The van der Waals surface area contributed by atoms with Crippen molar-refractivity contribution in [2.24, 2.45) is 0 Å². The second kappa shape index (κ2) is 6.93. The highest BCUT2D eigenvalue weighted by atomic mass is 19.1. The van der Waals surface area contributed by atoms with Crippen LogP contribution in [0.2, 0.25) is 0 Å². The van der Waals surface area contributed by atoms with Gasteiger partial charge in [0.1, 0.15) is 11.6 Å². The van der Waals surface area contributed by atoms with Crippen molar-refractivity contribution < 1.29 is 13.6 Å². The number of halogens is 2. The van der Waals surface area contributed by atoms with Crippen molar-refractivity contribution in [1.29, 1.82) is 0 Å². The van der Waals surface area contributed by atoms with E-state index >= 15 is 0 Å². The lowest BCUT2D eigenvalue weighted by molar-refractivity contribution is 0.0534. The first-order valence-corrected chi connectivity index (χ1v) is 7.21. The quantitative estimate of drug-likeness (QED) is 0.704. The van der Waals surface area contributed by atoms with E-state index < -0.39 is 17.2 Å². The second-order valence-electron chi connectivity index (χ2n) is 4.90. The molecule has 0 saturated carbocycles. The molecule has 0 atom stereocenters. The molecule has 0 fully saturated rings. The lowest BCUT2D eigenvalue weighted by Crippen LogP contribution is -2.53. The van der Waals surface area contributed by atoms with Crippen LogP contribution >= 0.6 is 0 Å². The molecule has 0 aliphatic carbocycles. The maximum atomic E-state index is 13.3. The summed E-state index contributed by atoms with van der Waals surface area (Å²) in [6.07, 6.45) is 1.23. The summed E-state index contributed by atoms with van der Waals surface area (Å²) in [6, 6.07) is 3.03. The maximum absolute atomic E-state index is 13.3. The number of carbonyl (C=O) groups excluding carboxylic acids is 1. The lowest BCUT2D eigenvalue weighted by atomic mass is 9.82. The van der Waals surface area contributed by atoms with E-state index in [4.69, 9.17) is 0 Å². The summed E-state index contributed by atoms with van der Waals surface area (Å²) in [6.45, 7) is 9.31. The minimum Gasteiger partial charge on any atom is -0.292 e. The summed E-state index contributed by atoms with van der Waals surface area (Å²) in [5.74, 6) is -1.63. The Bertz CT molecular complexity index is 445. The highest BCUT2D eigenvalue weighted by Gasteiger charge is 2.40. The minimum absolute atomic E-state index is 0.109. The molecule has 1 aromatic rings. The van der Waals surface area contributed by atoms with E-state index in [-0.39, 0.29) is 11.3 Å². The standard InChI is InChI=1S/C16H23F2NO/c1-5-16(6-2,19(7-3)8-4)15(20)12-9-13(17)11-14(18)10-12/h9-11H,5-8H2,1-4H3. The fraction of sp³-hybridized carbons (Fsp3) is 0.562. The zero-order valence-corrected chi connectivity index (χ0v) is 12.7. The number of hydrogen-bond acceptors (Lipinski definition) is 2. The molecular formula is C16H23F2NO. The molecule has 0 amide bonds. The van der Waals surface area contributed by atoms with Crippen molar-refractivity contribution in [3.63, 3.8) is 0 Å². The van der Waals surface area contributed by atoms with Crippen molar-refractivity contribution >= 4 is 5.78 Å². The molecule has 0 saturated heterocycles. The van der Waals surface area contributed by atoms with Gasteiger partial charge in [-0.25, -0.2) is 8.78 Å². The molecule has 112 valence electrons. The zero-order valence-electron chi connectivity index (χ0n) is 12.7. The fourth-order valence-electron chi connectivity index (χ4n) is 2.94. The Kier molecular flexibility index (Phi) is 5.81. The van der Waals surface area contributed by atoms with Crippen LogP contribution in [0.3, 0.4) is 0 Å². The summed E-state index contributed by atoms with van der Waals surface area (Å²) in [5, 5.41) is 0. The number of hydrogen-bond donors (Lipinski definition) is 0. The average Bonchev–Trinajstić information content (AvgIpc) is 2.43. The smallest absolute Gasteiger partial charge is 0.183 e. The Balaban J connectivity index is 3.30. The van der Waals surface area contributed by atoms with Crippen LogP contribution in [0.5, 0.6) is 0 Å². The van der Waals surface area contributed by atoms with Gasteiger partial charge in [-0.2, -0.15) is 0 Å². The van der Waals surface area contributed by atoms with Crippen molar-refractivity contribution in [3.05, 3.63) is 35.4 Å². The molecule has 0 radical (unpaired) electrons. The molecular weight excluding hydrogens is 260 g/mol. The Hall–Kier alpha value is -1.29. The molecule has 4 heteroatoms. The highest BCUT2D eigenvalue weighted by Crippen LogP contribution is 2.29. The summed E-state index contributed by atoms with van der Waals surface area (Å²) in [4.78, 5) is 14.9. The topological polar surface area (TPSA) is 20.3 Å². The third kappa shape index (κ3) is 3.06. The van der Waals surface area contributed by atoms with Gasteiger partial charge in [0.05, 0.1) is 5.54 Å². The molecule has 0 unspecified atom stereocenters. The normalized spacial score (nSPS) is 11.9. The predicted molar refractivity (Wildman–Crippen MR) is 76.9 cm³/mol. The van der Waals surface area contributed by atoms with E-state index in [0.29, 0.717) is 12.8 Å². The Morgan fingerprint density at radius 2 is 1.45 bits per heavy atom. The number of likely N-dealkylation sites (N-methyl/N-ethyl adjacent to an activating group) is 1. The first-order valence-electron chi connectivity index (χ1n) is 7.21. The van der Waals surface area contributed by atoms with Crippen LogP contribution in [0.1, 0.15) is 50.9 Å². The van der Waals surface area contributed by atoms with Crippen molar-refractivity contribution in [2.75, 3.05) is 13.1 Å². The molecule has 20 heavy (non-hydrogen) atoms. The first-order chi connectivity index (χ1) is 9.44. The third-order valence-electron chi connectivity index (χ3n) is 4.09. The summed E-state index contributed by atoms with van der Waals surface area (Å²) < 4.78 is 26.7. The molecule has 0 bridgehead atoms. The number of benzene rings is 1. The molecule has 0 spiro atoms. The molecule has 0 aliphatic heterocycles. The average molecular weight is 283 g/mol.